The van der Waals surface area contributed by atoms with E-state index in [4.69, 9.17) is 10.5 Å². The van der Waals surface area contributed by atoms with Crippen molar-refractivity contribution in [3.63, 3.8) is 0 Å². The van der Waals surface area contributed by atoms with Crippen LogP contribution in [0.25, 0.3) is 0 Å². The normalized spacial score (nSPS) is 10.8. The molecule has 96 valence electrons. The fourth-order valence-electron chi connectivity index (χ4n) is 1.84. The molecule has 0 radical (unpaired) electrons. The summed E-state index contributed by atoms with van der Waals surface area (Å²) in [5.74, 6) is 0.723. The largest absolute Gasteiger partial charge is 0.495 e. The number of nitrogen functional groups attached to an aromatic ring is 1. The Morgan fingerprint density at radius 1 is 1.39 bits per heavy atom. The lowest BCUT2D eigenvalue weighted by molar-refractivity contribution is 0.315. The molecule has 0 aliphatic heterocycles. The van der Waals surface area contributed by atoms with Crippen LogP contribution < -0.4 is 10.5 Å². The molecule has 1 heterocycles. The molecule has 0 saturated carbocycles. The maximum atomic E-state index is 5.89. The van der Waals surface area contributed by atoms with Crippen LogP contribution in [0.2, 0.25) is 0 Å². The summed E-state index contributed by atoms with van der Waals surface area (Å²) in [6.45, 7) is 1.68. The maximum absolute atomic E-state index is 5.89. The van der Waals surface area contributed by atoms with E-state index >= 15 is 0 Å². The van der Waals surface area contributed by atoms with E-state index in [1.807, 2.05) is 23.7 Å². The Morgan fingerprint density at radius 2 is 2.22 bits per heavy atom. The fraction of sp³-hybridized carbons (Fsp3) is 0.308. The lowest BCUT2D eigenvalue weighted by Gasteiger charge is -2.16. The second-order valence-corrected chi connectivity index (χ2v) is 4.95. The van der Waals surface area contributed by atoms with E-state index in [1.54, 1.807) is 18.4 Å². The van der Waals surface area contributed by atoms with Crippen LogP contribution >= 0.6 is 11.3 Å². The second kappa shape index (κ2) is 5.84. The summed E-state index contributed by atoms with van der Waals surface area (Å²) in [6.07, 6.45) is 0. The van der Waals surface area contributed by atoms with Gasteiger partial charge in [-0.2, -0.15) is 0 Å². The summed E-state index contributed by atoms with van der Waals surface area (Å²) in [6, 6.07) is 5.89. The topological polar surface area (TPSA) is 51.4 Å². The minimum Gasteiger partial charge on any atom is -0.495 e. The summed E-state index contributed by atoms with van der Waals surface area (Å²) >= 11 is 1.62. The van der Waals surface area contributed by atoms with Crippen LogP contribution in [0.15, 0.2) is 29.1 Å². The second-order valence-electron chi connectivity index (χ2n) is 4.23. The smallest absolute Gasteiger partial charge is 0.141 e. The highest BCUT2D eigenvalue weighted by molar-refractivity contribution is 7.07. The first-order valence-corrected chi connectivity index (χ1v) is 6.61. The number of hydrogen-bond donors (Lipinski definition) is 1. The molecule has 0 saturated heterocycles. The third-order valence-corrected chi connectivity index (χ3v) is 3.30. The standard InChI is InChI=1S/C13H17N3OS/c1-16(7-11-8-18-9-15-11)6-10-3-4-13(17-2)12(14)5-10/h3-5,8-9H,6-7,14H2,1-2H3. The van der Waals surface area contributed by atoms with E-state index in [-0.39, 0.29) is 0 Å². The monoisotopic (exact) mass is 263 g/mol. The molecular formula is C13H17N3OS. The molecular weight excluding hydrogens is 246 g/mol. The highest BCUT2D eigenvalue weighted by Gasteiger charge is 2.05. The molecule has 0 unspecified atom stereocenters. The van der Waals surface area contributed by atoms with Crippen molar-refractivity contribution >= 4 is 17.0 Å². The van der Waals surface area contributed by atoms with Gasteiger partial charge in [0.05, 0.1) is 24.0 Å². The number of anilines is 1. The molecule has 4 nitrogen and oxygen atoms in total. The van der Waals surface area contributed by atoms with Crippen LogP contribution in [-0.2, 0) is 13.1 Å². The molecule has 18 heavy (non-hydrogen) atoms. The Kier molecular flexibility index (Phi) is 4.17. The molecule has 0 bridgehead atoms. The number of benzene rings is 1. The van der Waals surface area contributed by atoms with Gasteiger partial charge in [0.1, 0.15) is 5.75 Å². The van der Waals surface area contributed by atoms with E-state index in [0.29, 0.717) is 5.69 Å². The van der Waals surface area contributed by atoms with Gasteiger partial charge in [0.15, 0.2) is 0 Å². The zero-order valence-electron chi connectivity index (χ0n) is 10.6. The average Bonchev–Trinajstić information content (AvgIpc) is 2.82. The van der Waals surface area contributed by atoms with E-state index in [1.165, 1.54) is 5.56 Å². The quantitative estimate of drug-likeness (QED) is 0.841. The highest BCUT2D eigenvalue weighted by Crippen LogP contribution is 2.22. The predicted molar refractivity (Wildman–Crippen MR) is 74.7 cm³/mol. The molecule has 0 fully saturated rings. The Hall–Kier alpha value is -1.59. The first kappa shape index (κ1) is 12.9. The third kappa shape index (κ3) is 3.21. The van der Waals surface area contributed by atoms with Gasteiger partial charge in [0.2, 0.25) is 0 Å². The van der Waals surface area contributed by atoms with Crippen LogP contribution in [0, 0.1) is 0 Å². The number of nitrogens with two attached hydrogens (primary N) is 1. The van der Waals surface area contributed by atoms with Crippen LogP contribution in [0.4, 0.5) is 5.69 Å². The highest BCUT2D eigenvalue weighted by atomic mass is 32.1. The van der Waals surface area contributed by atoms with Gasteiger partial charge in [-0.3, -0.25) is 4.90 Å². The zero-order valence-corrected chi connectivity index (χ0v) is 11.4. The molecule has 2 rings (SSSR count). The minimum atomic E-state index is 0.678. The van der Waals surface area contributed by atoms with Crippen molar-refractivity contribution in [1.82, 2.24) is 9.88 Å². The number of hydrogen-bond acceptors (Lipinski definition) is 5. The summed E-state index contributed by atoms with van der Waals surface area (Å²) in [5, 5.41) is 2.07. The SMILES string of the molecule is COc1ccc(CN(C)Cc2cscn2)cc1N. The lowest BCUT2D eigenvalue weighted by atomic mass is 10.2. The van der Waals surface area contributed by atoms with Gasteiger partial charge in [-0.1, -0.05) is 6.07 Å². The molecule has 0 aliphatic rings. The first-order valence-electron chi connectivity index (χ1n) is 5.67. The van der Waals surface area contributed by atoms with E-state index in [0.717, 1.165) is 24.5 Å². The van der Waals surface area contributed by atoms with Gasteiger partial charge in [0.25, 0.3) is 0 Å². The van der Waals surface area contributed by atoms with Gasteiger partial charge < -0.3 is 10.5 Å². The predicted octanol–water partition coefficient (Wildman–Crippen LogP) is 2.37. The Morgan fingerprint density at radius 3 is 2.83 bits per heavy atom. The molecule has 2 N–H and O–H groups in total. The van der Waals surface area contributed by atoms with Gasteiger partial charge in [-0.15, -0.1) is 11.3 Å². The van der Waals surface area contributed by atoms with Crippen molar-refractivity contribution in [3.05, 3.63) is 40.3 Å². The molecule has 0 atom stereocenters. The lowest BCUT2D eigenvalue weighted by Crippen LogP contribution is -2.17. The Balaban J connectivity index is 1.98. The number of ether oxygens (including phenoxy) is 1. The molecule has 0 amide bonds. The van der Waals surface area contributed by atoms with Crippen molar-refractivity contribution in [3.8, 4) is 5.75 Å². The summed E-state index contributed by atoms with van der Waals surface area (Å²) < 4.78 is 5.14. The van der Waals surface area contributed by atoms with Crippen LogP contribution in [-0.4, -0.2) is 24.0 Å². The van der Waals surface area contributed by atoms with E-state index < -0.39 is 0 Å². The molecule has 0 spiro atoms. The van der Waals surface area contributed by atoms with E-state index in [9.17, 15) is 0 Å². The number of thiazole rings is 1. The summed E-state index contributed by atoms with van der Waals surface area (Å²) in [4.78, 5) is 6.48. The Bertz CT molecular complexity index is 499. The Labute approximate surface area is 111 Å². The summed E-state index contributed by atoms with van der Waals surface area (Å²) in [5.41, 5.74) is 10.7. The third-order valence-electron chi connectivity index (χ3n) is 2.66. The van der Waals surface area contributed by atoms with Gasteiger partial charge in [-0.05, 0) is 24.7 Å². The van der Waals surface area contributed by atoms with Gasteiger partial charge in [0, 0.05) is 18.5 Å². The maximum Gasteiger partial charge on any atom is 0.141 e. The van der Waals surface area contributed by atoms with Crippen LogP contribution in [0.1, 0.15) is 11.3 Å². The van der Waals surface area contributed by atoms with Crippen LogP contribution in [0.5, 0.6) is 5.75 Å². The fourth-order valence-corrected chi connectivity index (χ4v) is 2.39. The molecule has 0 aliphatic carbocycles. The number of aromatic nitrogens is 1. The average molecular weight is 263 g/mol. The first-order chi connectivity index (χ1) is 8.69. The summed E-state index contributed by atoms with van der Waals surface area (Å²) in [7, 11) is 3.69. The van der Waals surface area contributed by atoms with Crippen molar-refractivity contribution in [1.29, 1.82) is 0 Å². The molecule has 2 aromatic rings. The zero-order chi connectivity index (χ0) is 13.0. The van der Waals surface area contributed by atoms with Gasteiger partial charge >= 0.3 is 0 Å². The van der Waals surface area contributed by atoms with Crippen molar-refractivity contribution in [2.24, 2.45) is 0 Å². The van der Waals surface area contributed by atoms with Crippen molar-refractivity contribution in [2.75, 3.05) is 19.9 Å². The van der Waals surface area contributed by atoms with Crippen molar-refractivity contribution < 1.29 is 4.74 Å². The van der Waals surface area contributed by atoms with Crippen molar-refractivity contribution in [2.45, 2.75) is 13.1 Å². The number of nitrogens with zero attached hydrogens (tertiary/aromatic N) is 2. The minimum absolute atomic E-state index is 0.678. The van der Waals surface area contributed by atoms with E-state index in [2.05, 4.69) is 22.3 Å². The molecule has 5 heteroatoms. The number of methoxy groups -OCH3 is 1. The van der Waals surface area contributed by atoms with Crippen LogP contribution in [0.3, 0.4) is 0 Å². The van der Waals surface area contributed by atoms with Gasteiger partial charge in [-0.25, -0.2) is 4.98 Å². The molecule has 1 aromatic heterocycles. The number of rotatable bonds is 5. The molecule has 1 aromatic carbocycles.